The molecular weight excluding hydrogens is 258 g/mol. The molecule has 6 heteroatoms. The predicted octanol–water partition coefficient (Wildman–Crippen LogP) is 1.19. The summed E-state index contributed by atoms with van der Waals surface area (Å²) in [5, 5.41) is 12.2. The Morgan fingerprint density at radius 2 is 2.00 bits per heavy atom. The Balaban J connectivity index is 2.48. The molecule has 1 aromatic heterocycles. The first-order chi connectivity index (χ1) is 9.45. The summed E-state index contributed by atoms with van der Waals surface area (Å²) < 4.78 is 1.34. The second-order valence-corrected chi connectivity index (χ2v) is 4.61. The van der Waals surface area contributed by atoms with Crippen molar-refractivity contribution in [1.82, 2.24) is 9.55 Å². The van der Waals surface area contributed by atoms with Crippen LogP contribution in [0.3, 0.4) is 0 Å². The average molecular weight is 273 g/mol. The highest BCUT2D eigenvalue weighted by atomic mass is 16.4. The van der Waals surface area contributed by atoms with E-state index in [1.807, 2.05) is 0 Å². The maximum absolute atomic E-state index is 11.9. The molecule has 2 aromatic rings. The monoisotopic (exact) mass is 273 g/mol. The van der Waals surface area contributed by atoms with E-state index < -0.39 is 11.5 Å². The number of carbonyl (C=O) groups is 1. The van der Waals surface area contributed by atoms with Gasteiger partial charge >= 0.3 is 5.97 Å². The fourth-order valence-electron chi connectivity index (χ4n) is 1.84. The zero-order chi connectivity index (χ0) is 14.8. The van der Waals surface area contributed by atoms with E-state index in [1.54, 1.807) is 37.4 Å². The van der Waals surface area contributed by atoms with E-state index in [9.17, 15) is 14.7 Å². The lowest BCUT2D eigenvalue weighted by Crippen LogP contribution is -2.42. The van der Waals surface area contributed by atoms with Crippen molar-refractivity contribution in [2.75, 3.05) is 5.32 Å². The van der Waals surface area contributed by atoms with Crippen LogP contribution in [0.25, 0.3) is 0 Å². The lowest BCUT2D eigenvalue weighted by molar-refractivity contribution is -0.142. The molecule has 0 radical (unpaired) electrons. The van der Waals surface area contributed by atoms with Crippen molar-refractivity contribution in [3.05, 3.63) is 58.6 Å². The normalized spacial score (nSPS) is 13.5. The Hall–Kier alpha value is -2.63. The van der Waals surface area contributed by atoms with E-state index in [1.165, 1.54) is 23.9 Å². The number of aryl methyl sites for hydroxylation is 1. The molecule has 0 aliphatic rings. The van der Waals surface area contributed by atoms with Crippen molar-refractivity contribution in [2.24, 2.45) is 7.05 Å². The van der Waals surface area contributed by atoms with Gasteiger partial charge in [0.25, 0.3) is 5.56 Å². The summed E-state index contributed by atoms with van der Waals surface area (Å²) >= 11 is 0. The minimum Gasteiger partial charge on any atom is -0.479 e. The third-order valence-electron chi connectivity index (χ3n) is 3.16. The number of carboxylic acids is 1. The summed E-state index contributed by atoms with van der Waals surface area (Å²) in [6.45, 7) is 1.50. The van der Waals surface area contributed by atoms with Crippen molar-refractivity contribution in [3.63, 3.8) is 0 Å². The maximum atomic E-state index is 11.9. The van der Waals surface area contributed by atoms with Crippen LogP contribution in [0.5, 0.6) is 0 Å². The van der Waals surface area contributed by atoms with Gasteiger partial charge in [-0.25, -0.2) is 9.78 Å². The number of aliphatic carboxylic acids is 1. The van der Waals surface area contributed by atoms with E-state index in [4.69, 9.17) is 0 Å². The first-order valence-corrected chi connectivity index (χ1v) is 6.04. The number of anilines is 1. The largest absolute Gasteiger partial charge is 0.479 e. The molecule has 1 unspecified atom stereocenters. The Labute approximate surface area is 115 Å². The molecule has 0 saturated heterocycles. The van der Waals surface area contributed by atoms with Crippen LogP contribution in [0.1, 0.15) is 12.5 Å². The van der Waals surface area contributed by atoms with Gasteiger partial charge in [0.05, 0.1) is 0 Å². The maximum Gasteiger partial charge on any atom is 0.333 e. The molecule has 104 valence electrons. The standard InChI is InChI=1S/C14H15N3O3/c1-14(13(19)20,10-6-4-3-5-7-10)16-11-12(18)17(2)9-8-15-11/h3-9H,1-2H3,(H,15,16)(H,19,20). The van der Waals surface area contributed by atoms with Crippen LogP contribution in [-0.2, 0) is 17.4 Å². The molecule has 0 spiro atoms. The second kappa shape index (κ2) is 5.16. The number of hydrogen-bond acceptors (Lipinski definition) is 4. The summed E-state index contributed by atoms with van der Waals surface area (Å²) in [5.74, 6) is -1.08. The lowest BCUT2D eigenvalue weighted by atomic mass is 9.92. The fraction of sp³-hybridized carbons (Fsp3) is 0.214. The Morgan fingerprint density at radius 3 is 2.60 bits per heavy atom. The first-order valence-electron chi connectivity index (χ1n) is 6.04. The van der Waals surface area contributed by atoms with Crippen LogP contribution in [0, 0.1) is 0 Å². The summed E-state index contributed by atoms with van der Waals surface area (Å²) in [5.41, 5.74) is -1.27. The van der Waals surface area contributed by atoms with Crippen LogP contribution in [0.2, 0.25) is 0 Å². The summed E-state index contributed by atoms with van der Waals surface area (Å²) in [4.78, 5) is 27.5. The molecule has 0 amide bonds. The number of benzene rings is 1. The van der Waals surface area contributed by atoms with Gasteiger partial charge in [0.15, 0.2) is 11.4 Å². The highest BCUT2D eigenvalue weighted by molar-refractivity contribution is 5.83. The summed E-state index contributed by atoms with van der Waals surface area (Å²) in [6.07, 6.45) is 2.95. The van der Waals surface area contributed by atoms with Gasteiger partial charge in [0, 0.05) is 19.4 Å². The highest BCUT2D eigenvalue weighted by Crippen LogP contribution is 2.24. The quantitative estimate of drug-likeness (QED) is 0.874. The number of nitrogens with one attached hydrogen (secondary N) is 1. The Bertz CT molecular complexity index is 682. The van der Waals surface area contributed by atoms with Crippen LogP contribution < -0.4 is 10.9 Å². The molecule has 0 bridgehead atoms. The van der Waals surface area contributed by atoms with Gasteiger partial charge in [0.2, 0.25) is 0 Å². The number of carboxylic acid groups (broad SMARTS) is 1. The number of hydrogen-bond donors (Lipinski definition) is 2. The van der Waals surface area contributed by atoms with Gasteiger partial charge in [-0.3, -0.25) is 4.79 Å². The second-order valence-electron chi connectivity index (χ2n) is 4.61. The fourth-order valence-corrected chi connectivity index (χ4v) is 1.84. The molecule has 0 aliphatic carbocycles. The first kappa shape index (κ1) is 13.8. The Morgan fingerprint density at radius 1 is 1.35 bits per heavy atom. The topological polar surface area (TPSA) is 84.2 Å². The van der Waals surface area contributed by atoms with Crippen molar-refractivity contribution < 1.29 is 9.90 Å². The molecule has 20 heavy (non-hydrogen) atoms. The van der Waals surface area contributed by atoms with Gasteiger partial charge in [0.1, 0.15) is 0 Å². The van der Waals surface area contributed by atoms with Gasteiger partial charge in [-0.05, 0) is 12.5 Å². The molecule has 6 nitrogen and oxygen atoms in total. The molecule has 1 aromatic carbocycles. The summed E-state index contributed by atoms with van der Waals surface area (Å²) in [6, 6.07) is 8.66. The zero-order valence-corrected chi connectivity index (χ0v) is 11.2. The van der Waals surface area contributed by atoms with Crippen LogP contribution >= 0.6 is 0 Å². The molecule has 0 saturated carbocycles. The van der Waals surface area contributed by atoms with E-state index in [0.29, 0.717) is 5.56 Å². The lowest BCUT2D eigenvalue weighted by Gasteiger charge is -2.27. The molecule has 1 heterocycles. The number of nitrogens with zero attached hydrogens (tertiary/aromatic N) is 2. The highest BCUT2D eigenvalue weighted by Gasteiger charge is 2.36. The number of aromatic nitrogens is 2. The van der Waals surface area contributed by atoms with Gasteiger partial charge in [-0.15, -0.1) is 0 Å². The molecule has 2 rings (SSSR count). The van der Waals surface area contributed by atoms with E-state index >= 15 is 0 Å². The molecular formula is C14H15N3O3. The van der Waals surface area contributed by atoms with Gasteiger partial charge in [-0.2, -0.15) is 0 Å². The Kier molecular flexibility index (Phi) is 3.56. The zero-order valence-electron chi connectivity index (χ0n) is 11.2. The third-order valence-corrected chi connectivity index (χ3v) is 3.16. The molecule has 0 fully saturated rings. The minimum absolute atomic E-state index is 0.00348. The van der Waals surface area contributed by atoms with Gasteiger partial charge < -0.3 is 15.0 Å². The van der Waals surface area contributed by atoms with Crippen molar-refractivity contribution in [2.45, 2.75) is 12.5 Å². The minimum atomic E-state index is -1.43. The number of rotatable bonds is 4. The molecule has 1 atom stereocenters. The van der Waals surface area contributed by atoms with Crippen molar-refractivity contribution >= 4 is 11.8 Å². The molecule has 0 aliphatic heterocycles. The van der Waals surface area contributed by atoms with E-state index in [2.05, 4.69) is 10.3 Å². The smallest absolute Gasteiger partial charge is 0.333 e. The summed E-state index contributed by atoms with van der Waals surface area (Å²) in [7, 11) is 1.58. The SMILES string of the molecule is Cn1ccnc(NC(C)(C(=O)O)c2ccccc2)c1=O. The predicted molar refractivity (Wildman–Crippen MR) is 74.5 cm³/mol. The van der Waals surface area contributed by atoms with E-state index in [0.717, 1.165) is 0 Å². The van der Waals surface area contributed by atoms with Crippen molar-refractivity contribution in [3.8, 4) is 0 Å². The third kappa shape index (κ3) is 2.40. The van der Waals surface area contributed by atoms with Gasteiger partial charge in [-0.1, -0.05) is 30.3 Å². The molecule has 2 N–H and O–H groups in total. The van der Waals surface area contributed by atoms with Crippen LogP contribution in [0.4, 0.5) is 5.82 Å². The van der Waals surface area contributed by atoms with Crippen LogP contribution in [-0.4, -0.2) is 20.6 Å². The van der Waals surface area contributed by atoms with Crippen molar-refractivity contribution in [1.29, 1.82) is 0 Å². The van der Waals surface area contributed by atoms with Crippen LogP contribution in [0.15, 0.2) is 47.5 Å². The average Bonchev–Trinajstić information content (AvgIpc) is 2.44. The van der Waals surface area contributed by atoms with E-state index in [-0.39, 0.29) is 11.4 Å².